The standard InChI is InChI=1S/C22H13Br3Cl2N2O4/c23-13-7-12(10-28-29-20(30)11-32-19-6-5-14(26)9-18(19)27)21(17(25)8-13)33-22(31)15-3-1-2-4-16(15)24/h1-10H,11H2,(H,29,30). The summed E-state index contributed by atoms with van der Waals surface area (Å²) in [5, 5.41) is 4.67. The van der Waals surface area contributed by atoms with E-state index in [0.29, 0.717) is 35.3 Å². The Balaban J connectivity index is 1.69. The minimum atomic E-state index is -0.558. The molecule has 0 spiro atoms. The Bertz CT molecular complexity index is 1240. The van der Waals surface area contributed by atoms with Gasteiger partial charge in [-0.25, -0.2) is 10.2 Å². The molecule has 0 fully saturated rings. The van der Waals surface area contributed by atoms with E-state index in [9.17, 15) is 9.59 Å². The summed E-state index contributed by atoms with van der Waals surface area (Å²) in [6, 6.07) is 15.0. The molecule has 1 amide bonds. The number of hydrazone groups is 1. The van der Waals surface area contributed by atoms with Crippen molar-refractivity contribution in [3.63, 3.8) is 0 Å². The van der Waals surface area contributed by atoms with E-state index in [0.717, 1.165) is 0 Å². The Morgan fingerprint density at radius 3 is 2.48 bits per heavy atom. The van der Waals surface area contributed by atoms with Crippen LogP contribution in [0.1, 0.15) is 15.9 Å². The van der Waals surface area contributed by atoms with Crippen LogP contribution in [0.5, 0.6) is 11.5 Å². The average Bonchev–Trinajstić information content (AvgIpc) is 2.75. The van der Waals surface area contributed by atoms with Crippen molar-refractivity contribution in [2.45, 2.75) is 0 Å². The zero-order valence-corrected chi connectivity index (χ0v) is 22.7. The molecule has 0 aliphatic carbocycles. The molecule has 170 valence electrons. The molecule has 11 heteroatoms. The van der Waals surface area contributed by atoms with Crippen LogP contribution in [0.3, 0.4) is 0 Å². The highest BCUT2D eigenvalue weighted by Gasteiger charge is 2.17. The predicted molar refractivity (Wildman–Crippen MR) is 139 cm³/mol. The van der Waals surface area contributed by atoms with Crippen molar-refractivity contribution >= 4 is 89.1 Å². The maximum Gasteiger partial charge on any atom is 0.344 e. The first-order valence-corrected chi connectivity index (χ1v) is 12.2. The SMILES string of the molecule is O=C(COc1ccc(Cl)cc1Cl)NN=Cc1cc(Br)cc(Br)c1OC(=O)c1ccccc1Br. The summed E-state index contributed by atoms with van der Waals surface area (Å²) in [6.45, 7) is -0.315. The Morgan fingerprint density at radius 1 is 1.00 bits per heavy atom. The van der Waals surface area contributed by atoms with Crippen LogP contribution in [0.4, 0.5) is 0 Å². The molecule has 33 heavy (non-hydrogen) atoms. The molecule has 0 saturated heterocycles. The molecule has 1 N–H and O–H groups in total. The third-order valence-corrected chi connectivity index (χ3v) is 6.24. The largest absolute Gasteiger partial charge is 0.482 e. The number of amides is 1. The zero-order chi connectivity index (χ0) is 24.0. The lowest BCUT2D eigenvalue weighted by Crippen LogP contribution is -2.24. The van der Waals surface area contributed by atoms with Crippen LogP contribution in [-0.2, 0) is 4.79 Å². The van der Waals surface area contributed by atoms with E-state index in [1.165, 1.54) is 12.3 Å². The third-order valence-electron chi connectivity index (χ3n) is 3.97. The number of benzene rings is 3. The Hall–Kier alpha value is -1.91. The number of rotatable bonds is 7. The second-order valence-corrected chi connectivity index (χ2v) is 9.80. The quantitative estimate of drug-likeness (QED) is 0.126. The highest BCUT2D eigenvalue weighted by atomic mass is 79.9. The van der Waals surface area contributed by atoms with Gasteiger partial charge in [0.1, 0.15) is 5.75 Å². The summed E-state index contributed by atoms with van der Waals surface area (Å²) in [7, 11) is 0. The third kappa shape index (κ3) is 7.28. The van der Waals surface area contributed by atoms with Crippen molar-refractivity contribution in [2.24, 2.45) is 5.10 Å². The van der Waals surface area contributed by atoms with Gasteiger partial charge in [-0.05, 0) is 74.3 Å². The normalized spacial score (nSPS) is 10.8. The average molecular weight is 680 g/mol. The fourth-order valence-electron chi connectivity index (χ4n) is 2.50. The van der Waals surface area contributed by atoms with Crippen molar-refractivity contribution < 1.29 is 19.1 Å². The number of hydrogen-bond acceptors (Lipinski definition) is 5. The van der Waals surface area contributed by atoms with Crippen LogP contribution >= 0.6 is 71.0 Å². The molecule has 3 rings (SSSR count). The first kappa shape index (κ1) is 25.7. The number of esters is 1. The van der Waals surface area contributed by atoms with Crippen LogP contribution in [-0.4, -0.2) is 24.7 Å². The van der Waals surface area contributed by atoms with Crippen LogP contribution in [0, 0.1) is 0 Å². The van der Waals surface area contributed by atoms with E-state index in [1.807, 2.05) is 0 Å². The summed E-state index contributed by atoms with van der Waals surface area (Å²) in [5.41, 5.74) is 3.16. The summed E-state index contributed by atoms with van der Waals surface area (Å²) < 4.78 is 12.8. The van der Waals surface area contributed by atoms with Crippen molar-refractivity contribution in [1.29, 1.82) is 0 Å². The smallest absolute Gasteiger partial charge is 0.344 e. The number of carbonyl (C=O) groups is 2. The van der Waals surface area contributed by atoms with Gasteiger partial charge < -0.3 is 9.47 Å². The van der Waals surface area contributed by atoms with Gasteiger partial charge in [0.15, 0.2) is 12.4 Å². The van der Waals surface area contributed by atoms with Crippen LogP contribution in [0.15, 0.2) is 73.1 Å². The van der Waals surface area contributed by atoms with Gasteiger partial charge in [0.25, 0.3) is 5.91 Å². The highest BCUT2D eigenvalue weighted by molar-refractivity contribution is 9.11. The zero-order valence-electron chi connectivity index (χ0n) is 16.5. The summed E-state index contributed by atoms with van der Waals surface area (Å²) >= 11 is 22.0. The van der Waals surface area contributed by atoms with E-state index in [4.69, 9.17) is 32.7 Å². The molecule has 0 bridgehead atoms. The fourth-order valence-corrected chi connectivity index (χ4v) is 4.75. The number of ether oxygens (including phenoxy) is 2. The molecule has 3 aromatic rings. The molecule has 0 heterocycles. The molecule has 0 atom stereocenters. The molecule has 0 aliphatic rings. The maximum absolute atomic E-state index is 12.6. The van der Waals surface area contributed by atoms with Gasteiger partial charge in [-0.3, -0.25) is 4.79 Å². The van der Waals surface area contributed by atoms with Crippen LogP contribution in [0.25, 0.3) is 0 Å². The number of hydrogen-bond donors (Lipinski definition) is 1. The summed E-state index contributed by atoms with van der Waals surface area (Å²) in [4.78, 5) is 24.7. The minimum absolute atomic E-state index is 0.237. The first-order valence-electron chi connectivity index (χ1n) is 9.10. The molecule has 3 aromatic carbocycles. The van der Waals surface area contributed by atoms with E-state index >= 15 is 0 Å². The Kier molecular flexibility index (Phi) is 9.34. The molecule has 0 saturated carbocycles. The number of carbonyl (C=O) groups excluding carboxylic acids is 2. The number of halogens is 5. The molecule has 0 aliphatic heterocycles. The van der Waals surface area contributed by atoms with Crippen molar-refractivity contribution in [3.8, 4) is 11.5 Å². The molecular weight excluding hydrogens is 667 g/mol. The first-order chi connectivity index (χ1) is 15.7. The van der Waals surface area contributed by atoms with E-state index in [1.54, 1.807) is 48.5 Å². The molecule has 0 unspecified atom stereocenters. The van der Waals surface area contributed by atoms with Gasteiger partial charge in [0, 0.05) is 19.5 Å². The lowest BCUT2D eigenvalue weighted by atomic mass is 10.2. The van der Waals surface area contributed by atoms with E-state index in [-0.39, 0.29) is 17.4 Å². The topological polar surface area (TPSA) is 77.0 Å². The molecule has 0 aromatic heterocycles. The minimum Gasteiger partial charge on any atom is -0.482 e. The molecule has 0 radical (unpaired) electrons. The second kappa shape index (κ2) is 12.0. The lowest BCUT2D eigenvalue weighted by Gasteiger charge is -2.11. The highest BCUT2D eigenvalue weighted by Crippen LogP contribution is 2.33. The number of nitrogens with one attached hydrogen (secondary N) is 1. The maximum atomic E-state index is 12.6. The van der Waals surface area contributed by atoms with Crippen LogP contribution < -0.4 is 14.9 Å². The van der Waals surface area contributed by atoms with E-state index in [2.05, 4.69) is 58.3 Å². The summed E-state index contributed by atoms with van der Waals surface area (Å²) in [6.07, 6.45) is 1.35. The molecular formula is C22H13Br3Cl2N2O4. The lowest BCUT2D eigenvalue weighted by molar-refractivity contribution is -0.123. The summed E-state index contributed by atoms with van der Waals surface area (Å²) in [5.74, 6) is -0.519. The van der Waals surface area contributed by atoms with Gasteiger partial charge in [-0.1, -0.05) is 51.3 Å². The Labute approximate surface area is 224 Å². The fraction of sp³-hybridized carbons (Fsp3) is 0.0455. The van der Waals surface area contributed by atoms with Gasteiger partial charge in [-0.15, -0.1) is 0 Å². The van der Waals surface area contributed by atoms with Crippen molar-refractivity contribution in [1.82, 2.24) is 5.43 Å². The monoisotopic (exact) mass is 676 g/mol. The van der Waals surface area contributed by atoms with Gasteiger partial charge in [0.05, 0.1) is 21.3 Å². The van der Waals surface area contributed by atoms with Gasteiger partial charge in [0.2, 0.25) is 0 Å². The molecule has 6 nitrogen and oxygen atoms in total. The van der Waals surface area contributed by atoms with E-state index < -0.39 is 11.9 Å². The van der Waals surface area contributed by atoms with Crippen molar-refractivity contribution in [3.05, 3.63) is 89.2 Å². The predicted octanol–water partition coefficient (Wildman–Crippen LogP) is 7.03. The van der Waals surface area contributed by atoms with Crippen LogP contribution in [0.2, 0.25) is 10.0 Å². The van der Waals surface area contributed by atoms with Crippen molar-refractivity contribution in [2.75, 3.05) is 6.61 Å². The second-order valence-electron chi connectivity index (χ2n) is 6.33. The Morgan fingerprint density at radius 2 is 1.76 bits per heavy atom. The van der Waals surface area contributed by atoms with Gasteiger partial charge >= 0.3 is 5.97 Å². The van der Waals surface area contributed by atoms with Gasteiger partial charge in [-0.2, -0.15) is 5.10 Å². The number of nitrogens with zero attached hydrogens (tertiary/aromatic N) is 1.